The van der Waals surface area contributed by atoms with E-state index in [-0.39, 0.29) is 19.2 Å². The number of ether oxygens (including phenoxy) is 2. The number of hydrogen-bond donors (Lipinski definition) is 1. The molecular weight excluding hydrogens is 725 g/mol. The summed E-state index contributed by atoms with van der Waals surface area (Å²) in [4.78, 5) is 12.3. The largest absolute Gasteiger partial charge is 0.457 e. The van der Waals surface area contributed by atoms with E-state index in [0.29, 0.717) is 13.0 Å². The Kier molecular flexibility index (Phi) is 49.6. The van der Waals surface area contributed by atoms with Crippen LogP contribution in [0.25, 0.3) is 0 Å². The number of aliphatic hydroxyl groups excluding tert-OH is 1. The topological polar surface area (TPSA) is 55.8 Å². The van der Waals surface area contributed by atoms with Crippen LogP contribution >= 0.6 is 0 Å². The molecule has 4 heteroatoms. The molecule has 0 bridgehead atoms. The molecule has 0 saturated carbocycles. The Bertz CT molecular complexity index is 1050. The van der Waals surface area contributed by atoms with Crippen molar-refractivity contribution in [2.24, 2.45) is 0 Å². The number of carbonyl (C=O) groups is 1. The summed E-state index contributed by atoms with van der Waals surface area (Å²) in [7, 11) is 0. The van der Waals surface area contributed by atoms with Gasteiger partial charge in [0, 0.05) is 13.0 Å². The molecule has 4 nitrogen and oxygen atoms in total. The molecule has 1 unspecified atom stereocenters. The highest BCUT2D eigenvalue weighted by Crippen LogP contribution is 2.14. The molecule has 0 saturated heterocycles. The molecule has 0 heterocycles. The number of esters is 1. The molecule has 0 fully saturated rings. The number of aliphatic hydroxyl groups is 1. The molecule has 0 aliphatic carbocycles. The number of hydrogen-bond acceptors (Lipinski definition) is 4. The van der Waals surface area contributed by atoms with Crippen molar-refractivity contribution in [3.63, 3.8) is 0 Å². The summed E-state index contributed by atoms with van der Waals surface area (Å²) in [5, 5.41) is 9.65. The van der Waals surface area contributed by atoms with E-state index >= 15 is 0 Å². The molecule has 1 N–H and O–H groups in total. The molecule has 0 aromatic carbocycles. The fourth-order valence-electron chi connectivity index (χ4n) is 6.97. The molecule has 0 radical (unpaired) electrons. The van der Waals surface area contributed by atoms with Gasteiger partial charge in [-0.1, -0.05) is 221 Å². The van der Waals surface area contributed by atoms with Crippen LogP contribution in [-0.2, 0) is 14.3 Å². The normalized spacial score (nSPS) is 13.1. The minimum atomic E-state index is -0.547. The lowest BCUT2D eigenvalue weighted by atomic mass is 10.1. The predicted molar refractivity (Wildman–Crippen MR) is 260 cm³/mol. The number of unbranched alkanes of at least 4 members (excludes halogenated alkanes) is 24. The highest BCUT2D eigenvalue weighted by atomic mass is 16.6. The summed E-state index contributed by atoms with van der Waals surface area (Å²) in [5.74, 6) is -0.208. The first-order chi connectivity index (χ1) is 29.2. The first-order valence-electron chi connectivity index (χ1n) is 25.2. The maximum atomic E-state index is 12.3. The molecule has 59 heavy (non-hydrogen) atoms. The molecular formula is C55H96O4. The van der Waals surface area contributed by atoms with Crippen molar-refractivity contribution in [2.45, 2.75) is 238 Å². The van der Waals surface area contributed by atoms with Gasteiger partial charge in [-0.3, -0.25) is 4.79 Å². The third-order valence-electron chi connectivity index (χ3n) is 10.7. The highest BCUT2D eigenvalue weighted by Gasteiger charge is 2.13. The van der Waals surface area contributed by atoms with Crippen LogP contribution in [0.2, 0.25) is 0 Å². The Labute approximate surface area is 367 Å². The van der Waals surface area contributed by atoms with Crippen LogP contribution in [-0.4, -0.2) is 37.0 Å². The van der Waals surface area contributed by atoms with Gasteiger partial charge in [-0.2, -0.15) is 0 Å². The lowest BCUT2D eigenvalue weighted by Crippen LogP contribution is -2.27. The van der Waals surface area contributed by atoms with Gasteiger partial charge in [0.1, 0.15) is 6.10 Å². The maximum absolute atomic E-state index is 12.3. The lowest BCUT2D eigenvalue weighted by Gasteiger charge is -2.16. The molecule has 0 aliphatic heterocycles. The summed E-state index contributed by atoms with van der Waals surface area (Å²) >= 11 is 0. The standard InChI is InChI=1S/C55H96O4/c1-3-5-7-9-11-13-15-17-19-21-23-25-26-27-28-29-31-33-35-37-39-41-43-45-47-49-51-58-53-54(52-56)59-55(57)50-48-46-44-42-40-38-36-34-32-30-24-22-20-18-16-14-12-10-8-6-4-2/h5,7,11,13,17,19,22-25,27-28,31,33,54,56H,3-4,6,8-10,12,14-16,18,20-21,26,29-30,32,34-53H2,1-2H3/b7-5-,13-11-,19-17-,24-22-,25-23-,28-27-,33-31-. The van der Waals surface area contributed by atoms with Crippen molar-refractivity contribution in [1.29, 1.82) is 0 Å². The van der Waals surface area contributed by atoms with Crippen molar-refractivity contribution >= 4 is 5.97 Å². The van der Waals surface area contributed by atoms with Crippen LogP contribution in [0, 0.1) is 0 Å². The fourth-order valence-corrected chi connectivity index (χ4v) is 6.97. The second-order valence-electron chi connectivity index (χ2n) is 16.5. The van der Waals surface area contributed by atoms with E-state index < -0.39 is 6.10 Å². The first-order valence-corrected chi connectivity index (χ1v) is 25.2. The van der Waals surface area contributed by atoms with E-state index in [1.54, 1.807) is 0 Å². The second-order valence-corrected chi connectivity index (χ2v) is 16.5. The van der Waals surface area contributed by atoms with E-state index in [4.69, 9.17) is 9.47 Å². The smallest absolute Gasteiger partial charge is 0.306 e. The van der Waals surface area contributed by atoms with Gasteiger partial charge in [0.15, 0.2) is 0 Å². The SMILES string of the molecule is CC/C=C\C/C=C\C/C=C\C/C=C\C/C=C\C/C=C\CCCCCCCCCOCC(CO)OC(=O)CCCCCCCCCCC/C=C\CCCCCCCCCC. The van der Waals surface area contributed by atoms with E-state index in [2.05, 4.69) is 98.9 Å². The fraction of sp³-hybridized carbons (Fsp3) is 0.727. The van der Waals surface area contributed by atoms with Crippen molar-refractivity contribution in [3.8, 4) is 0 Å². The summed E-state index contributed by atoms with van der Waals surface area (Å²) in [6.45, 7) is 5.21. The van der Waals surface area contributed by atoms with Crippen LogP contribution in [0.3, 0.4) is 0 Å². The Balaban J connectivity index is 3.48. The van der Waals surface area contributed by atoms with Gasteiger partial charge in [0.05, 0.1) is 13.2 Å². The van der Waals surface area contributed by atoms with Crippen LogP contribution in [0.4, 0.5) is 0 Å². The monoisotopic (exact) mass is 821 g/mol. The van der Waals surface area contributed by atoms with Gasteiger partial charge < -0.3 is 14.6 Å². The zero-order valence-electron chi connectivity index (χ0n) is 39.0. The molecule has 0 rings (SSSR count). The van der Waals surface area contributed by atoms with E-state index in [1.807, 2.05) is 0 Å². The molecule has 0 aromatic heterocycles. The summed E-state index contributed by atoms with van der Waals surface area (Å²) < 4.78 is 11.2. The van der Waals surface area contributed by atoms with Gasteiger partial charge in [0.2, 0.25) is 0 Å². The van der Waals surface area contributed by atoms with Gasteiger partial charge in [-0.05, 0) is 89.9 Å². The van der Waals surface area contributed by atoms with E-state index in [0.717, 1.165) is 64.2 Å². The van der Waals surface area contributed by atoms with E-state index in [9.17, 15) is 9.90 Å². The van der Waals surface area contributed by atoms with Crippen LogP contribution < -0.4 is 0 Å². The number of allylic oxidation sites excluding steroid dienone is 14. The minimum Gasteiger partial charge on any atom is -0.457 e. The Hall–Kier alpha value is -2.43. The number of carbonyl (C=O) groups excluding carboxylic acids is 1. The van der Waals surface area contributed by atoms with Gasteiger partial charge in [0.25, 0.3) is 0 Å². The molecule has 0 amide bonds. The van der Waals surface area contributed by atoms with Crippen molar-refractivity contribution < 1.29 is 19.4 Å². The first kappa shape index (κ1) is 56.6. The Morgan fingerprint density at radius 3 is 1.17 bits per heavy atom. The van der Waals surface area contributed by atoms with Crippen LogP contribution in [0.15, 0.2) is 85.1 Å². The second kappa shape index (κ2) is 51.7. The van der Waals surface area contributed by atoms with Gasteiger partial charge in [-0.15, -0.1) is 0 Å². The van der Waals surface area contributed by atoms with Crippen molar-refractivity contribution in [1.82, 2.24) is 0 Å². The molecule has 0 aliphatic rings. The Morgan fingerprint density at radius 1 is 0.424 bits per heavy atom. The maximum Gasteiger partial charge on any atom is 0.306 e. The average molecular weight is 821 g/mol. The predicted octanol–water partition coefficient (Wildman–Crippen LogP) is 17.1. The van der Waals surface area contributed by atoms with Crippen molar-refractivity contribution in [3.05, 3.63) is 85.1 Å². The summed E-state index contributed by atoms with van der Waals surface area (Å²) in [6, 6.07) is 0. The van der Waals surface area contributed by atoms with E-state index in [1.165, 1.54) is 148 Å². The third kappa shape index (κ3) is 49.8. The minimum absolute atomic E-state index is 0.181. The number of rotatable bonds is 46. The summed E-state index contributed by atoms with van der Waals surface area (Å²) in [6.07, 6.45) is 72.4. The molecule has 340 valence electrons. The van der Waals surface area contributed by atoms with Gasteiger partial charge in [-0.25, -0.2) is 0 Å². The molecule has 0 aromatic rings. The lowest BCUT2D eigenvalue weighted by molar-refractivity contribution is -0.154. The quantitative estimate of drug-likeness (QED) is 0.0378. The van der Waals surface area contributed by atoms with Gasteiger partial charge >= 0.3 is 5.97 Å². The zero-order chi connectivity index (χ0) is 42.6. The molecule has 0 spiro atoms. The van der Waals surface area contributed by atoms with Crippen molar-refractivity contribution in [2.75, 3.05) is 19.8 Å². The van der Waals surface area contributed by atoms with Crippen LogP contribution in [0.1, 0.15) is 232 Å². The zero-order valence-corrected chi connectivity index (χ0v) is 39.0. The highest BCUT2D eigenvalue weighted by molar-refractivity contribution is 5.69. The third-order valence-corrected chi connectivity index (χ3v) is 10.7. The molecule has 1 atom stereocenters. The van der Waals surface area contributed by atoms with Crippen LogP contribution in [0.5, 0.6) is 0 Å². The summed E-state index contributed by atoms with van der Waals surface area (Å²) in [5.41, 5.74) is 0. The Morgan fingerprint density at radius 2 is 0.763 bits per heavy atom. The average Bonchev–Trinajstić information content (AvgIpc) is 3.24.